The highest BCUT2D eigenvalue weighted by Gasteiger charge is 2.47. The van der Waals surface area contributed by atoms with Crippen LogP contribution < -0.4 is 0 Å². The smallest absolute Gasteiger partial charge is 0.0326 e. The van der Waals surface area contributed by atoms with Crippen molar-refractivity contribution in [1.82, 2.24) is 0 Å². The molecule has 4 unspecified atom stereocenters. The van der Waals surface area contributed by atoms with Gasteiger partial charge >= 0.3 is 0 Å². The Morgan fingerprint density at radius 1 is 0.706 bits per heavy atom. The van der Waals surface area contributed by atoms with Crippen molar-refractivity contribution in [3.8, 4) is 0 Å². The predicted octanol–water partition coefficient (Wildman–Crippen LogP) is 5.52. The summed E-state index contributed by atoms with van der Waals surface area (Å²) in [7, 11) is 0. The average Bonchev–Trinajstić information content (AvgIpc) is 2.48. The monoisotopic (exact) mass is 236 g/mol. The molecule has 2 aliphatic rings. The van der Waals surface area contributed by atoms with Gasteiger partial charge in [0.15, 0.2) is 0 Å². The number of hydrogen-bond donors (Lipinski definition) is 0. The standard InChI is InChI=1S/C17H32/c1-12-14(8-7-10-16(12,3)4)15-9-11-17(5,6)13(15)2/h12-15H,7-11H2,1-6H3. The van der Waals surface area contributed by atoms with Gasteiger partial charge in [0.1, 0.15) is 0 Å². The average molecular weight is 236 g/mol. The van der Waals surface area contributed by atoms with Crippen LogP contribution in [-0.2, 0) is 0 Å². The molecule has 0 nitrogen and oxygen atoms in total. The van der Waals surface area contributed by atoms with Crippen molar-refractivity contribution in [3.05, 3.63) is 0 Å². The second-order valence-electron chi connectivity index (χ2n) is 8.31. The van der Waals surface area contributed by atoms with Crippen LogP contribution in [0.4, 0.5) is 0 Å². The van der Waals surface area contributed by atoms with Crippen LogP contribution >= 0.6 is 0 Å². The first kappa shape index (κ1) is 13.4. The summed E-state index contributed by atoms with van der Waals surface area (Å²) in [6.45, 7) is 15.0. The Kier molecular flexibility index (Phi) is 3.38. The molecule has 4 atom stereocenters. The molecule has 0 heterocycles. The van der Waals surface area contributed by atoms with Gasteiger partial charge in [0.05, 0.1) is 0 Å². The predicted molar refractivity (Wildman–Crippen MR) is 76.0 cm³/mol. The van der Waals surface area contributed by atoms with Gasteiger partial charge in [-0.05, 0) is 60.2 Å². The number of hydrogen-bond acceptors (Lipinski definition) is 0. The van der Waals surface area contributed by atoms with Gasteiger partial charge in [0.25, 0.3) is 0 Å². The summed E-state index contributed by atoms with van der Waals surface area (Å²) in [5.74, 6) is 3.83. The summed E-state index contributed by atoms with van der Waals surface area (Å²) in [5.41, 5.74) is 1.17. The van der Waals surface area contributed by atoms with Crippen molar-refractivity contribution < 1.29 is 0 Å². The van der Waals surface area contributed by atoms with Gasteiger partial charge in [-0.25, -0.2) is 0 Å². The molecule has 0 bridgehead atoms. The molecule has 0 aromatic carbocycles. The van der Waals surface area contributed by atoms with Crippen LogP contribution in [0, 0.1) is 34.5 Å². The van der Waals surface area contributed by atoms with Crippen molar-refractivity contribution in [2.75, 3.05) is 0 Å². The van der Waals surface area contributed by atoms with E-state index in [2.05, 4.69) is 41.5 Å². The van der Waals surface area contributed by atoms with Gasteiger partial charge < -0.3 is 0 Å². The van der Waals surface area contributed by atoms with E-state index in [4.69, 9.17) is 0 Å². The van der Waals surface area contributed by atoms with E-state index in [0.717, 1.165) is 23.7 Å². The van der Waals surface area contributed by atoms with E-state index in [9.17, 15) is 0 Å². The lowest BCUT2D eigenvalue weighted by Gasteiger charge is -2.46. The van der Waals surface area contributed by atoms with Gasteiger partial charge in [-0.2, -0.15) is 0 Å². The Hall–Kier alpha value is 0. The molecule has 0 spiro atoms. The molecule has 17 heavy (non-hydrogen) atoms. The van der Waals surface area contributed by atoms with Crippen molar-refractivity contribution >= 4 is 0 Å². The topological polar surface area (TPSA) is 0 Å². The zero-order valence-corrected chi connectivity index (χ0v) is 12.8. The van der Waals surface area contributed by atoms with Crippen molar-refractivity contribution in [1.29, 1.82) is 0 Å². The van der Waals surface area contributed by atoms with Crippen LogP contribution in [0.5, 0.6) is 0 Å². The first-order chi connectivity index (χ1) is 7.76. The molecule has 0 aliphatic heterocycles. The molecule has 2 aliphatic carbocycles. The zero-order chi connectivity index (χ0) is 12.8. The highest BCUT2D eigenvalue weighted by molar-refractivity contribution is 4.96. The van der Waals surface area contributed by atoms with Crippen molar-refractivity contribution in [3.63, 3.8) is 0 Å². The highest BCUT2D eigenvalue weighted by atomic mass is 14.5. The lowest BCUT2D eigenvalue weighted by atomic mass is 9.59. The van der Waals surface area contributed by atoms with Gasteiger partial charge in [0, 0.05) is 0 Å². The van der Waals surface area contributed by atoms with Crippen LogP contribution in [0.25, 0.3) is 0 Å². The first-order valence-corrected chi connectivity index (χ1v) is 7.76. The molecule has 0 N–H and O–H groups in total. The molecule has 0 aromatic heterocycles. The fourth-order valence-corrected chi connectivity index (χ4v) is 4.62. The summed E-state index contributed by atoms with van der Waals surface area (Å²) < 4.78 is 0. The Morgan fingerprint density at radius 2 is 1.18 bits per heavy atom. The van der Waals surface area contributed by atoms with E-state index in [-0.39, 0.29) is 0 Å². The van der Waals surface area contributed by atoms with E-state index >= 15 is 0 Å². The third kappa shape index (κ3) is 2.29. The van der Waals surface area contributed by atoms with Gasteiger partial charge in [-0.1, -0.05) is 48.0 Å². The summed E-state index contributed by atoms with van der Waals surface area (Å²) in [6.07, 6.45) is 7.33. The minimum absolute atomic E-state index is 0.579. The van der Waals surface area contributed by atoms with Crippen molar-refractivity contribution in [2.24, 2.45) is 34.5 Å². The summed E-state index contributed by atoms with van der Waals surface area (Å²) in [5, 5.41) is 0. The Bertz CT molecular complexity index is 274. The zero-order valence-electron chi connectivity index (χ0n) is 12.8. The highest BCUT2D eigenvalue weighted by Crippen LogP contribution is 2.55. The van der Waals surface area contributed by atoms with E-state index in [1.54, 1.807) is 0 Å². The minimum atomic E-state index is 0.579. The SMILES string of the molecule is CC1C(C2CCC(C)(C)C2C)CCCC1(C)C. The molecular formula is C17H32. The first-order valence-electron chi connectivity index (χ1n) is 7.76. The Balaban J connectivity index is 2.13. The van der Waals surface area contributed by atoms with Gasteiger partial charge in [-0.3, -0.25) is 0 Å². The molecule has 2 rings (SSSR count). The fourth-order valence-electron chi connectivity index (χ4n) is 4.62. The normalized spacial score (nSPS) is 44.8. The molecule has 2 saturated carbocycles. The van der Waals surface area contributed by atoms with Crippen LogP contribution in [0.15, 0.2) is 0 Å². The maximum absolute atomic E-state index is 2.53. The quantitative estimate of drug-likeness (QED) is 0.562. The second-order valence-corrected chi connectivity index (χ2v) is 8.31. The van der Waals surface area contributed by atoms with Crippen LogP contribution in [0.2, 0.25) is 0 Å². The molecule has 100 valence electrons. The van der Waals surface area contributed by atoms with Crippen molar-refractivity contribution in [2.45, 2.75) is 73.6 Å². The second kappa shape index (κ2) is 4.28. The van der Waals surface area contributed by atoms with E-state index in [0.29, 0.717) is 10.8 Å². The molecule has 0 heteroatoms. The Labute approximate surface area is 109 Å². The summed E-state index contributed by atoms with van der Waals surface area (Å²) in [6, 6.07) is 0. The fraction of sp³-hybridized carbons (Fsp3) is 1.00. The van der Waals surface area contributed by atoms with E-state index in [1.165, 1.54) is 32.1 Å². The van der Waals surface area contributed by atoms with Crippen LogP contribution in [0.3, 0.4) is 0 Å². The van der Waals surface area contributed by atoms with Crippen LogP contribution in [0.1, 0.15) is 73.6 Å². The molecule has 0 radical (unpaired) electrons. The third-order valence-electron chi connectivity index (χ3n) is 6.78. The van der Waals surface area contributed by atoms with Gasteiger partial charge in [0.2, 0.25) is 0 Å². The number of rotatable bonds is 1. The summed E-state index contributed by atoms with van der Waals surface area (Å²) in [4.78, 5) is 0. The van der Waals surface area contributed by atoms with E-state index < -0.39 is 0 Å². The molecule has 0 aromatic rings. The molecule has 0 saturated heterocycles. The molecular weight excluding hydrogens is 204 g/mol. The maximum atomic E-state index is 2.53. The van der Waals surface area contributed by atoms with Gasteiger partial charge in [-0.15, -0.1) is 0 Å². The minimum Gasteiger partial charge on any atom is -0.0617 e. The Morgan fingerprint density at radius 3 is 1.71 bits per heavy atom. The van der Waals surface area contributed by atoms with Crippen LogP contribution in [-0.4, -0.2) is 0 Å². The summed E-state index contributed by atoms with van der Waals surface area (Å²) >= 11 is 0. The largest absolute Gasteiger partial charge is 0.0617 e. The van der Waals surface area contributed by atoms with E-state index in [1.807, 2.05) is 0 Å². The molecule has 2 fully saturated rings. The third-order valence-corrected chi connectivity index (χ3v) is 6.78. The maximum Gasteiger partial charge on any atom is -0.0326 e. The lowest BCUT2D eigenvalue weighted by Crippen LogP contribution is -2.38. The molecule has 0 amide bonds. The lowest BCUT2D eigenvalue weighted by molar-refractivity contribution is 0.0323.